The molecule has 0 spiro atoms. The molecule has 7 heteroatoms. The topological polar surface area (TPSA) is 56.6 Å². The number of carbonyl (C=O) groups excluding carboxylic acids is 1. The molecule has 0 aliphatic rings. The van der Waals surface area contributed by atoms with Crippen LogP contribution < -0.4 is 9.47 Å². The van der Waals surface area contributed by atoms with Gasteiger partial charge in [0.15, 0.2) is 11.5 Å². The van der Waals surface area contributed by atoms with Gasteiger partial charge in [-0.3, -0.25) is 9.48 Å². The Morgan fingerprint density at radius 1 is 1.22 bits per heavy atom. The summed E-state index contributed by atoms with van der Waals surface area (Å²) in [6.07, 6.45) is 4.01. The molecule has 27 heavy (non-hydrogen) atoms. The Kier molecular flexibility index (Phi) is 7.71. The molecule has 148 valence electrons. The van der Waals surface area contributed by atoms with Crippen LogP contribution in [0.5, 0.6) is 11.5 Å². The zero-order valence-corrected chi connectivity index (χ0v) is 18.2. The second kappa shape index (κ2) is 9.78. The van der Waals surface area contributed by atoms with E-state index in [2.05, 4.69) is 21.0 Å². The van der Waals surface area contributed by atoms with Crippen LogP contribution >= 0.6 is 15.9 Å². The summed E-state index contributed by atoms with van der Waals surface area (Å²) in [5, 5.41) is 4.19. The highest BCUT2D eigenvalue weighted by molar-refractivity contribution is 9.10. The van der Waals surface area contributed by atoms with Gasteiger partial charge in [-0.25, -0.2) is 0 Å². The minimum atomic E-state index is 0.0566. The van der Waals surface area contributed by atoms with Gasteiger partial charge in [-0.05, 0) is 45.4 Å². The van der Waals surface area contributed by atoms with Crippen molar-refractivity contribution in [3.05, 3.63) is 40.1 Å². The van der Waals surface area contributed by atoms with E-state index in [9.17, 15) is 4.79 Å². The average Bonchev–Trinajstić information content (AvgIpc) is 3.01. The summed E-state index contributed by atoms with van der Waals surface area (Å²) in [4.78, 5) is 14.9. The molecule has 0 fully saturated rings. The maximum atomic E-state index is 13.0. The lowest BCUT2D eigenvalue weighted by atomic mass is 10.1. The lowest BCUT2D eigenvalue weighted by Crippen LogP contribution is -2.37. The normalized spacial score (nSPS) is 10.9. The molecule has 0 radical (unpaired) electrons. The van der Waals surface area contributed by atoms with Gasteiger partial charge in [-0.1, -0.05) is 15.9 Å². The first kappa shape index (κ1) is 21.3. The van der Waals surface area contributed by atoms with Crippen molar-refractivity contribution in [3.8, 4) is 11.5 Å². The highest BCUT2D eigenvalue weighted by Gasteiger charge is 2.21. The van der Waals surface area contributed by atoms with E-state index in [1.807, 2.05) is 58.0 Å². The first-order valence-electron chi connectivity index (χ1n) is 9.20. The molecular formula is C20H28BrN3O3. The third kappa shape index (κ3) is 5.73. The number of aryl methyl sites for hydroxylation is 1. The fourth-order valence-electron chi connectivity index (χ4n) is 2.82. The zero-order chi connectivity index (χ0) is 20.0. The van der Waals surface area contributed by atoms with Gasteiger partial charge in [0.1, 0.15) is 0 Å². The van der Waals surface area contributed by atoms with Crippen LogP contribution in [0.15, 0.2) is 29.0 Å². The number of hydrogen-bond donors (Lipinski definition) is 0. The van der Waals surface area contributed by atoms with Crippen LogP contribution in [0.3, 0.4) is 0 Å². The van der Waals surface area contributed by atoms with Crippen LogP contribution in [-0.4, -0.2) is 39.8 Å². The van der Waals surface area contributed by atoms with Crippen LogP contribution in [0.25, 0.3) is 0 Å². The molecule has 0 unspecified atom stereocenters. The maximum Gasteiger partial charge on any atom is 0.227 e. The molecule has 2 aromatic rings. The molecule has 1 amide bonds. The third-order valence-electron chi connectivity index (χ3n) is 4.11. The predicted octanol–water partition coefficient (Wildman–Crippen LogP) is 3.96. The number of benzene rings is 1. The molecular weight excluding hydrogens is 410 g/mol. The Hall–Kier alpha value is -2.02. The molecule has 2 rings (SSSR count). The van der Waals surface area contributed by atoms with E-state index in [-0.39, 0.29) is 18.4 Å². The second-order valence-corrected chi connectivity index (χ2v) is 7.43. The van der Waals surface area contributed by atoms with Crippen LogP contribution in [0.2, 0.25) is 0 Å². The Bertz CT molecular complexity index is 774. The molecule has 0 N–H and O–H groups in total. The quantitative estimate of drug-likeness (QED) is 0.595. The van der Waals surface area contributed by atoms with Crippen molar-refractivity contribution >= 4 is 21.8 Å². The summed E-state index contributed by atoms with van der Waals surface area (Å²) >= 11 is 3.57. The van der Waals surface area contributed by atoms with E-state index < -0.39 is 0 Å². The summed E-state index contributed by atoms with van der Waals surface area (Å²) in [5.41, 5.74) is 1.89. The summed E-state index contributed by atoms with van der Waals surface area (Å²) in [6.45, 7) is 9.53. The van der Waals surface area contributed by atoms with Crippen molar-refractivity contribution in [2.75, 3.05) is 13.2 Å². The van der Waals surface area contributed by atoms with Gasteiger partial charge in [-0.2, -0.15) is 5.10 Å². The number of rotatable bonds is 9. The van der Waals surface area contributed by atoms with Gasteiger partial charge in [-0.15, -0.1) is 0 Å². The van der Waals surface area contributed by atoms with Crippen LogP contribution in [0, 0.1) is 0 Å². The van der Waals surface area contributed by atoms with Gasteiger partial charge in [0, 0.05) is 35.9 Å². The average molecular weight is 438 g/mol. The van der Waals surface area contributed by atoms with E-state index >= 15 is 0 Å². The molecule has 1 heterocycles. The number of carbonyl (C=O) groups is 1. The molecule has 1 aromatic carbocycles. The number of nitrogens with zero attached hydrogens (tertiary/aromatic N) is 3. The molecule has 0 aliphatic heterocycles. The van der Waals surface area contributed by atoms with Gasteiger partial charge in [0.25, 0.3) is 0 Å². The van der Waals surface area contributed by atoms with Crippen molar-refractivity contribution in [2.45, 2.75) is 46.7 Å². The standard InChI is InChI=1S/C20H28BrN3O3/c1-6-26-18-8-16(17(21)10-19(18)27-7-2)9-20(25)24(14(3)4)13-15-11-22-23(5)12-15/h8,10-12,14H,6-7,9,13H2,1-5H3. The molecule has 0 saturated heterocycles. The number of halogens is 1. The predicted molar refractivity (Wildman–Crippen MR) is 109 cm³/mol. The fourth-order valence-corrected chi connectivity index (χ4v) is 3.29. The highest BCUT2D eigenvalue weighted by atomic mass is 79.9. The smallest absolute Gasteiger partial charge is 0.227 e. The fraction of sp³-hybridized carbons (Fsp3) is 0.500. The monoisotopic (exact) mass is 437 g/mol. The molecule has 0 bridgehead atoms. The Labute approximate surface area is 169 Å². The number of aromatic nitrogens is 2. The molecule has 0 aliphatic carbocycles. The van der Waals surface area contributed by atoms with Gasteiger partial charge in [0.2, 0.25) is 5.91 Å². The number of amides is 1. The van der Waals surface area contributed by atoms with E-state index in [1.165, 1.54) is 0 Å². The summed E-state index contributed by atoms with van der Waals surface area (Å²) in [5.74, 6) is 1.40. The largest absolute Gasteiger partial charge is 0.490 e. The SMILES string of the molecule is CCOc1cc(Br)c(CC(=O)N(Cc2cnn(C)c2)C(C)C)cc1OCC. The molecule has 6 nitrogen and oxygen atoms in total. The summed E-state index contributed by atoms with van der Waals surface area (Å²) < 4.78 is 13.9. The Morgan fingerprint density at radius 3 is 2.37 bits per heavy atom. The van der Waals surface area contributed by atoms with Crippen molar-refractivity contribution in [1.82, 2.24) is 14.7 Å². The van der Waals surface area contributed by atoms with E-state index in [0.29, 0.717) is 31.3 Å². The molecule has 1 aromatic heterocycles. The first-order chi connectivity index (χ1) is 12.8. The summed E-state index contributed by atoms with van der Waals surface area (Å²) in [6, 6.07) is 3.85. The van der Waals surface area contributed by atoms with E-state index in [4.69, 9.17) is 9.47 Å². The lowest BCUT2D eigenvalue weighted by Gasteiger charge is -2.27. The van der Waals surface area contributed by atoms with E-state index in [1.54, 1.807) is 10.9 Å². The third-order valence-corrected chi connectivity index (χ3v) is 4.85. The van der Waals surface area contributed by atoms with Crippen LogP contribution in [-0.2, 0) is 24.8 Å². The lowest BCUT2D eigenvalue weighted by molar-refractivity contribution is -0.132. The van der Waals surface area contributed by atoms with Gasteiger partial charge < -0.3 is 14.4 Å². The van der Waals surface area contributed by atoms with Gasteiger partial charge in [0.05, 0.1) is 25.8 Å². The van der Waals surface area contributed by atoms with Crippen molar-refractivity contribution in [1.29, 1.82) is 0 Å². The van der Waals surface area contributed by atoms with Crippen LogP contribution in [0.4, 0.5) is 0 Å². The van der Waals surface area contributed by atoms with Crippen LogP contribution in [0.1, 0.15) is 38.8 Å². The van der Waals surface area contributed by atoms with Crippen molar-refractivity contribution in [2.24, 2.45) is 7.05 Å². The Balaban J connectivity index is 2.21. The number of ether oxygens (including phenoxy) is 2. The minimum absolute atomic E-state index is 0.0566. The molecule has 0 atom stereocenters. The van der Waals surface area contributed by atoms with Crippen molar-refractivity contribution < 1.29 is 14.3 Å². The zero-order valence-electron chi connectivity index (χ0n) is 16.7. The number of hydrogen-bond acceptors (Lipinski definition) is 4. The highest BCUT2D eigenvalue weighted by Crippen LogP contribution is 2.34. The van der Waals surface area contributed by atoms with Crippen molar-refractivity contribution in [3.63, 3.8) is 0 Å². The molecule has 0 saturated carbocycles. The first-order valence-corrected chi connectivity index (χ1v) is 9.99. The second-order valence-electron chi connectivity index (χ2n) is 6.57. The summed E-state index contributed by atoms with van der Waals surface area (Å²) in [7, 11) is 1.87. The minimum Gasteiger partial charge on any atom is -0.490 e. The van der Waals surface area contributed by atoms with Gasteiger partial charge >= 0.3 is 0 Å². The maximum absolute atomic E-state index is 13.0. The van der Waals surface area contributed by atoms with E-state index in [0.717, 1.165) is 15.6 Å². The Morgan fingerprint density at radius 2 is 1.85 bits per heavy atom.